The van der Waals surface area contributed by atoms with Crippen LogP contribution in [0.15, 0.2) is 0 Å². The normalized spacial score (nSPS) is 7.50. The van der Waals surface area contributed by atoms with Crippen LogP contribution in [-0.2, 0) is 0 Å². The molecule has 0 aliphatic carbocycles. The molecule has 0 nitrogen and oxygen atoms in total. The molecular formula is H3Br3Cl4Sn. The van der Waals surface area contributed by atoms with Crippen molar-refractivity contribution in [3.05, 3.63) is 0 Å². The maximum absolute atomic E-state index is 5.04. The third-order valence-electron chi connectivity index (χ3n) is 0. The molecule has 0 unspecified atom stereocenters. The van der Waals surface area contributed by atoms with Gasteiger partial charge in [-0.25, -0.2) is 0 Å². The van der Waals surface area contributed by atoms with Crippen LogP contribution < -0.4 is 0 Å². The van der Waals surface area contributed by atoms with Gasteiger partial charge >= 0.3 is 49.6 Å². The van der Waals surface area contributed by atoms with E-state index in [-0.39, 0.29) is 50.9 Å². The first kappa shape index (κ1) is 22.5. The van der Waals surface area contributed by atoms with E-state index < -0.39 is 13.9 Å². The van der Waals surface area contributed by atoms with Crippen LogP contribution in [0.1, 0.15) is 0 Å². The van der Waals surface area contributed by atoms with Gasteiger partial charge in [-0.15, -0.1) is 50.9 Å². The first-order valence-electron chi connectivity index (χ1n) is 0.756. The van der Waals surface area contributed by atoms with Gasteiger partial charge in [-0.1, -0.05) is 0 Å². The Labute approximate surface area is 98.6 Å². The van der Waals surface area contributed by atoms with Crippen LogP contribution in [0.4, 0.5) is 0 Å². The predicted molar refractivity (Wildman–Crippen MR) is 60.1 cm³/mol. The first-order chi connectivity index (χ1) is 2.00. The van der Waals surface area contributed by atoms with Gasteiger partial charge < -0.3 is 0 Å². The van der Waals surface area contributed by atoms with Crippen molar-refractivity contribution >= 4 is 100 Å². The van der Waals surface area contributed by atoms with Crippen molar-refractivity contribution in [1.82, 2.24) is 0 Å². The summed E-state index contributed by atoms with van der Waals surface area (Å²) >= 11 is -3.29. The minimum absolute atomic E-state index is 0. The summed E-state index contributed by atoms with van der Waals surface area (Å²) in [4.78, 5) is 0. The molecule has 0 N–H and O–H groups in total. The molecule has 0 rings (SSSR count). The summed E-state index contributed by atoms with van der Waals surface area (Å²) in [5.74, 6) is 0. The fraction of sp³-hybridized carbons (Fsp3) is 0. The molecule has 8 heteroatoms. The molecule has 56 valence electrons. The van der Waals surface area contributed by atoms with Gasteiger partial charge in [0, 0.05) is 0 Å². The van der Waals surface area contributed by atoms with E-state index in [0.29, 0.717) is 0 Å². The van der Waals surface area contributed by atoms with Gasteiger partial charge in [0.25, 0.3) is 0 Å². The van der Waals surface area contributed by atoms with Gasteiger partial charge in [0.1, 0.15) is 0 Å². The topological polar surface area (TPSA) is 0 Å². The van der Waals surface area contributed by atoms with Gasteiger partial charge in [-0.3, -0.25) is 0 Å². The van der Waals surface area contributed by atoms with Gasteiger partial charge in [0.05, 0.1) is 0 Å². The molecule has 0 saturated carbocycles. The fourth-order valence-electron chi connectivity index (χ4n) is 0. The van der Waals surface area contributed by atoms with E-state index in [4.69, 9.17) is 35.7 Å². The molecule has 8 heavy (non-hydrogen) atoms. The number of halogens is 7. The van der Waals surface area contributed by atoms with E-state index >= 15 is 0 Å². The van der Waals surface area contributed by atoms with E-state index in [9.17, 15) is 0 Å². The Morgan fingerprint density at radius 2 is 0.625 bits per heavy atom. The molecule has 0 aromatic heterocycles. The van der Waals surface area contributed by atoms with E-state index in [1.165, 1.54) is 0 Å². The molecule has 0 fully saturated rings. The SMILES string of the molecule is Br.Br.Br.[Cl][Sn]([Cl])([Cl])[Cl]. The Morgan fingerprint density at radius 3 is 0.625 bits per heavy atom. The van der Waals surface area contributed by atoms with E-state index in [2.05, 4.69) is 0 Å². The van der Waals surface area contributed by atoms with Crippen molar-refractivity contribution in [3.63, 3.8) is 0 Å². The minimum atomic E-state index is -3.29. The Morgan fingerprint density at radius 1 is 0.625 bits per heavy atom. The zero-order chi connectivity index (χ0) is 4.50. The van der Waals surface area contributed by atoms with Crippen LogP contribution in [0.25, 0.3) is 0 Å². The van der Waals surface area contributed by atoms with Gasteiger partial charge in [0.2, 0.25) is 0 Å². The monoisotopic (exact) mass is 500 g/mol. The van der Waals surface area contributed by atoms with Gasteiger partial charge in [0.15, 0.2) is 0 Å². The second-order valence-electron chi connectivity index (χ2n) is 0.429. The Bertz CT molecular complexity index is 26.8. The van der Waals surface area contributed by atoms with Crippen molar-refractivity contribution in [3.8, 4) is 0 Å². The number of hydrogen-bond donors (Lipinski definition) is 0. The molecule has 0 amide bonds. The van der Waals surface area contributed by atoms with Gasteiger partial charge in [-0.05, 0) is 0 Å². The summed E-state index contributed by atoms with van der Waals surface area (Å²) in [7, 11) is 20.1. The Hall–Kier alpha value is 3.40. The summed E-state index contributed by atoms with van der Waals surface area (Å²) in [6.45, 7) is 0. The summed E-state index contributed by atoms with van der Waals surface area (Å²) < 4.78 is 0. The third-order valence-corrected chi connectivity index (χ3v) is 0. The first-order valence-corrected chi connectivity index (χ1v) is 15.2. The molecule has 0 aromatic carbocycles. The van der Waals surface area contributed by atoms with Crippen molar-refractivity contribution in [1.29, 1.82) is 0 Å². The van der Waals surface area contributed by atoms with Crippen molar-refractivity contribution < 1.29 is 0 Å². The summed E-state index contributed by atoms with van der Waals surface area (Å²) in [5.41, 5.74) is 0. The summed E-state index contributed by atoms with van der Waals surface area (Å²) in [5, 5.41) is 0. The molecule has 0 radical (unpaired) electrons. The van der Waals surface area contributed by atoms with Crippen LogP contribution in [0, 0.1) is 0 Å². The van der Waals surface area contributed by atoms with E-state index in [0.717, 1.165) is 0 Å². The van der Waals surface area contributed by atoms with Gasteiger partial charge in [-0.2, -0.15) is 0 Å². The quantitative estimate of drug-likeness (QED) is 0.437. The molecular weight excluding hydrogens is 500 g/mol. The maximum atomic E-state index is 5.04. The number of hydrogen-bond acceptors (Lipinski definition) is 0. The van der Waals surface area contributed by atoms with Crippen LogP contribution in [-0.4, -0.2) is 13.9 Å². The average Bonchev–Trinajstić information content (AvgIpc) is 0.722. The molecule has 0 heterocycles. The zero-order valence-corrected chi connectivity index (χ0v) is 14.3. The van der Waals surface area contributed by atoms with E-state index in [1.807, 2.05) is 0 Å². The van der Waals surface area contributed by atoms with Crippen LogP contribution in [0.3, 0.4) is 0 Å². The molecule has 0 atom stereocenters. The summed E-state index contributed by atoms with van der Waals surface area (Å²) in [6, 6.07) is 0. The Kier molecular flexibility index (Phi) is 29.3. The second-order valence-corrected chi connectivity index (χ2v) is 25.9. The van der Waals surface area contributed by atoms with Crippen molar-refractivity contribution in [2.24, 2.45) is 0 Å². The fourth-order valence-corrected chi connectivity index (χ4v) is 0. The summed E-state index contributed by atoms with van der Waals surface area (Å²) in [6.07, 6.45) is 0. The molecule has 0 aliphatic rings. The van der Waals surface area contributed by atoms with Crippen molar-refractivity contribution in [2.75, 3.05) is 0 Å². The molecule has 0 aromatic rings. The standard InChI is InChI=1S/3BrH.4ClH.Sn/h7*1H;/q;;;;;;;+4/p-4. The second kappa shape index (κ2) is 10.4. The molecule has 0 bridgehead atoms. The molecule has 0 spiro atoms. The predicted octanol–water partition coefficient (Wildman–Crippen LogP) is 4.11. The van der Waals surface area contributed by atoms with Crippen LogP contribution in [0.5, 0.6) is 0 Å². The van der Waals surface area contributed by atoms with Crippen LogP contribution >= 0.6 is 86.6 Å². The molecule has 0 aliphatic heterocycles. The zero-order valence-electron chi connectivity index (χ0n) is 3.24. The average molecular weight is 503 g/mol. The van der Waals surface area contributed by atoms with E-state index in [1.54, 1.807) is 0 Å². The molecule has 0 saturated heterocycles. The Balaban J connectivity index is -0.0000000267. The van der Waals surface area contributed by atoms with Crippen LogP contribution in [0.2, 0.25) is 0 Å². The van der Waals surface area contributed by atoms with Crippen molar-refractivity contribution in [2.45, 2.75) is 0 Å². The third kappa shape index (κ3) is 57.4. The number of rotatable bonds is 0.